The van der Waals surface area contributed by atoms with Crippen LogP contribution in [0.2, 0.25) is 0 Å². The van der Waals surface area contributed by atoms with Crippen molar-refractivity contribution >= 4 is 26.7 Å². The normalized spacial score (nSPS) is 11.6. The second kappa shape index (κ2) is 6.52. The number of aromatic nitrogens is 2. The molecule has 1 heterocycles. The molecule has 0 aliphatic carbocycles. The van der Waals surface area contributed by atoms with Gasteiger partial charge in [-0.25, -0.2) is 22.8 Å². The third kappa shape index (κ3) is 3.51. The zero-order valence-electron chi connectivity index (χ0n) is 13.0. The second-order valence-corrected chi connectivity index (χ2v) is 7.58. The molecule has 5 nitrogen and oxygen atoms in total. The first kappa shape index (κ1) is 16.3. The molecule has 0 saturated heterocycles. The molecule has 0 spiro atoms. The van der Waals surface area contributed by atoms with Crippen LogP contribution in [-0.4, -0.2) is 24.1 Å². The summed E-state index contributed by atoms with van der Waals surface area (Å²) in [5.41, 5.74) is 1.45. The van der Waals surface area contributed by atoms with Crippen molar-refractivity contribution in [3.63, 3.8) is 0 Å². The van der Waals surface area contributed by atoms with Gasteiger partial charge in [-0.15, -0.1) is 0 Å². The Balaban J connectivity index is 1.85. The van der Waals surface area contributed by atoms with Crippen molar-refractivity contribution in [3.05, 3.63) is 60.0 Å². The maximum atomic E-state index is 12.9. The van der Waals surface area contributed by atoms with Gasteiger partial charge in [0.25, 0.3) is 0 Å². The molecule has 3 rings (SSSR count). The summed E-state index contributed by atoms with van der Waals surface area (Å²) < 4.78 is 36.8. The summed E-state index contributed by atoms with van der Waals surface area (Å²) >= 11 is 0. The van der Waals surface area contributed by atoms with Gasteiger partial charge in [0.1, 0.15) is 5.82 Å². The Kier molecular flexibility index (Phi) is 4.44. The molecule has 0 saturated carbocycles. The number of rotatable bonds is 5. The number of hydrogen-bond donors (Lipinski definition) is 1. The minimum absolute atomic E-state index is 0.0409. The largest absolute Gasteiger partial charge is 0.350 e. The lowest BCUT2D eigenvalue weighted by Gasteiger charge is -2.07. The summed E-state index contributed by atoms with van der Waals surface area (Å²) in [7, 11) is -3.28. The lowest BCUT2D eigenvalue weighted by molar-refractivity contribution is 0.597. The van der Waals surface area contributed by atoms with Crippen molar-refractivity contribution in [3.8, 4) is 0 Å². The molecule has 0 atom stereocenters. The Labute approximate surface area is 139 Å². The fourth-order valence-electron chi connectivity index (χ4n) is 2.23. The highest BCUT2D eigenvalue weighted by molar-refractivity contribution is 7.91. The zero-order chi connectivity index (χ0) is 17.2. The van der Waals surface area contributed by atoms with E-state index in [2.05, 4.69) is 15.3 Å². The summed E-state index contributed by atoms with van der Waals surface area (Å²) in [6, 6.07) is 10.9. The van der Waals surface area contributed by atoms with E-state index >= 15 is 0 Å². The van der Waals surface area contributed by atoms with Crippen molar-refractivity contribution in [1.82, 2.24) is 9.97 Å². The summed E-state index contributed by atoms with van der Waals surface area (Å²) in [5.74, 6) is 0.141. The van der Waals surface area contributed by atoms with E-state index in [0.29, 0.717) is 18.0 Å². The van der Waals surface area contributed by atoms with E-state index in [1.54, 1.807) is 43.5 Å². The molecule has 0 bridgehead atoms. The first-order valence-corrected chi connectivity index (χ1v) is 9.11. The average molecular weight is 345 g/mol. The van der Waals surface area contributed by atoms with Crippen molar-refractivity contribution in [1.29, 1.82) is 0 Å². The zero-order valence-corrected chi connectivity index (χ0v) is 13.8. The predicted octanol–water partition coefficient (Wildman–Crippen LogP) is 3.17. The van der Waals surface area contributed by atoms with Crippen LogP contribution in [0.25, 0.3) is 10.9 Å². The number of halogens is 1. The molecule has 0 amide bonds. The average Bonchev–Trinajstić information content (AvgIpc) is 2.60. The van der Waals surface area contributed by atoms with Gasteiger partial charge in [0, 0.05) is 18.1 Å². The van der Waals surface area contributed by atoms with Gasteiger partial charge in [0.2, 0.25) is 5.95 Å². The second-order valence-electron chi connectivity index (χ2n) is 5.30. The molecule has 7 heteroatoms. The van der Waals surface area contributed by atoms with Crippen LogP contribution in [0.1, 0.15) is 12.5 Å². The lowest BCUT2D eigenvalue weighted by Crippen LogP contribution is -2.05. The van der Waals surface area contributed by atoms with E-state index in [1.165, 1.54) is 12.1 Å². The van der Waals surface area contributed by atoms with E-state index in [1.807, 2.05) is 0 Å². The minimum atomic E-state index is -3.28. The van der Waals surface area contributed by atoms with Crippen molar-refractivity contribution in [2.45, 2.75) is 18.4 Å². The van der Waals surface area contributed by atoms with Gasteiger partial charge in [-0.1, -0.05) is 19.1 Å². The van der Waals surface area contributed by atoms with Crippen molar-refractivity contribution < 1.29 is 12.8 Å². The monoisotopic (exact) mass is 345 g/mol. The van der Waals surface area contributed by atoms with Gasteiger partial charge in [-0.3, -0.25) is 0 Å². The van der Waals surface area contributed by atoms with Crippen molar-refractivity contribution in [2.24, 2.45) is 0 Å². The number of fused-ring (bicyclic) bond motifs is 1. The first-order chi connectivity index (χ1) is 11.5. The third-order valence-corrected chi connectivity index (χ3v) is 5.39. The molecule has 1 aromatic heterocycles. The number of nitrogens with zero attached hydrogens (tertiary/aromatic N) is 2. The molecule has 3 aromatic rings. The number of nitrogens with one attached hydrogen (secondary N) is 1. The molecule has 2 aromatic carbocycles. The van der Waals surface area contributed by atoms with Crippen LogP contribution in [-0.2, 0) is 16.4 Å². The van der Waals surface area contributed by atoms with Crippen LogP contribution < -0.4 is 5.32 Å². The molecule has 1 N–H and O–H groups in total. The van der Waals surface area contributed by atoms with E-state index < -0.39 is 9.84 Å². The van der Waals surface area contributed by atoms with Crippen LogP contribution >= 0.6 is 0 Å². The highest BCUT2D eigenvalue weighted by atomic mass is 32.2. The molecule has 0 fully saturated rings. The molecular weight excluding hydrogens is 329 g/mol. The van der Waals surface area contributed by atoms with Crippen LogP contribution in [0.5, 0.6) is 0 Å². The maximum Gasteiger partial charge on any atom is 0.223 e. The number of anilines is 1. The standard InChI is InChI=1S/C17H16FN3O2S/c1-2-24(22,23)15-8-5-13-11-20-17(21-16(13)9-15)19-10-12-3-6-14(18)7-4-12/h3-9,11H,2,10H2,1H3,(H,19,20,21). The minimum Gasteiger partial charge on any atom is -0.350 e. The van der Waals surface area contributed by atoms with Crippen LogP contribution in [0, 0.1) is 5.82 Å². The summed E-state index contributed by atoms with van der Waals surface area (Å²) in [4.78, 5) is 8.81. The lowest BCUT2D eigenvalue weighted by atomic mass is 10.2. The molecule has 0 aliphatic rings. The Hall–Kier alpha value is -2.54. The maximum absolute atomic E-state index is 12.9. The topological polar surface area (TPSA) is 72.0 Å². The number of sulfone groups is 1. The Morgan fingerprint density at radius 2 is 1.88 bits per heavy atom. The Morgan fingerprint density at radius 1 is 1.12 bits per heavy atom. The molecule has 0 radical (unpaired) electrons. The van der Waals surface area contributed by atoms with Crippen LogP contribution in [0.15, 0.2) is 53.6 Å². The smallest absolute Gasteiger partial charge is 0.223 e. The Morgan fingerprint density at radius 3 is 2.58 bits per heavy atom. The molecule has 0 unspecified atom stereocenters. The first-order valence-electron chi connectivity index (χ1n) is 7.46. The quantitative estimate of drug-likeness (QED) is 0.769. The van der Waals surface area contributed by atoms with Crippen LogP contribution in [0.3, 0.4) is 0 Å². The summed E-state index contributed by atoms with van der Waals surface area (Å²) in [6.45, 7) is 2.05. The van der Waals surface area contributed by atoms with Gasteiger partial charge in [0.15, 0.2) is 9.84 Å². The van der Waals surface area contributed by atoms with Crippen LogP contribution in [0.4, 0.5) is 10.3 Å². The highest BCUT2D eigenvalue weighted by Crippen LogP contribution is 2.19. The number of hydrogen-bond acceptors (Lipinski definition) is 5. The van der Waals surface area contributed by atoms with E-state index in [4.69, 9.17) is 0 Å². The SMILES string of the molecule is CCS(=O)(=O)c1ccc2cnc(NCc3ccc(F)cc3)nc2c1. The Bertz CT molecular complexity index is 973. The van der Waals surface area contributed by atoms with E-state index in [9.17, 15) is 12.8 Å². The van der Waals surface area contributed by atoms with Gasteiger partial charge >= 0.3 is 0 Å². The molecule has 0 aliphatic heterocycles. The fourth-order valence-corrected chi connectivity index (χ4v) is 3.13. The summed E-state index contributed by atoms with van der Waals surface area (Å²) in [5, 5.41) is 3.81. The molecular formula is C17H16FN3O2S. The van der Waals surface area contributed by atoms with Crippen molar-refractivity contribution in [2.75, 3.05) is 11.1 Å². The van der Waals surface area contributed by atoms with Gasteiger partial charge in [0.05, 0.1) is 16.2 Å². The fraction of sp³-hybridized carbons (Fsp3) is 0.176. The van der Waals surface area contributed by atoms with Gasteiger partial charge < -0.3 is 5.32 Å². The van der Waals surface area contributed by atoms with E-state index in [0.717, 1.165) is 10.9 Å². The third-order valence-electron chi connectivity index (χ3n) is 3.66. The molecule has 124 valence electrons. The number of benzene rings is 2. The van der Waals surface area contributed by atoms with Gasteiger partial charge in [-0.2, -0.15) is 0 Å². The van der Waals surface area contributed by atoms with E-state index in [-0.39, 0.29) is 16.5 Å². The van der Waals surface area contributed by atoms with Gasteiger partial charge in [-0.05, 0) is 35.9 Å². The highest BCUT2D eigenvalue weighted by Gasteiger charge is 2.12. The molecule has 24 heavy (non-hydrogen) atoms. The predicted molar refractivity (Wildman–Crippen MR) is 91.0 cm³/mol. The summed E-state index contributed by atoms with van der Waals surface area (Å²) in [6.07, 6.45) is 1.64.